The third-order valence-corrected chi connectivity index (χ3v) is 6.20. The average molecular weight is 461 g/mol. The van der Waals surface area contributed by atoms with E-state index in [1.54, 1.807) is 19.5 Å². The SMILES string of the molecule is COc1ccc(Cn2nc(-c3ccc(Cl)s3)c(-c3ccncc3)c2Br)cc1. The molecule has 3 aromatic heterocycles. The van der Waals surface area contributed by atoms with Crippen molar-refractivity contribution in [1.82, 2.24) is 14.8 Å². The van der Waals surface area contributed by atoms with Gasteiger partial charge in [0.1, 0.15) is 16.0 Å². The van der Waals surface area contributed by atoms with Crippen LogP contribution in [0.5, 0.6) is 5.75 Å². The van der Waals surface area contributed by atoms with E-state index in [-0.39, 0.29) is 0 Å². The second-order valence-electron chi connectivity index (χ2n) is 5.86. The van der Waals surface area contributed by atoms with Crippen molar-refractivity contribution in [3.63, 3.8) is 0 Å². The number of ether oxygens (including phenoxy) is 1. The molecule has 0 saturated carbocycles. The number of pyridine rings is 1. The Morgan fingerprint density at radius 3 is 2.44 bits per heavy atom. The maximum atomic E-state index is 6.16. The molecule has 4 rings (SSSR count). The van der Waals surface area contributed by atoms with Gasteiger partial charge in [-0.05, 0) is 63.5 Å². The molecule has 7 heteroatoms. The highest BCUT2D eigenvalue weighted by atomic mass is 79.9. The van der Waals surface area contributed by atoms with E-state index in [1.807, 2.05) is 53.2 Å². The number of methoxy groups -OCH3 is 1. The summed E-state index contributed by atoms with van der Waals surface area (Å²) in [6.45, 7) is 0.641. The molecule has 0 amide bonds. The molecular formula is C20H15BrClN3OS. The topological polar surface area (TPSA) is 39.9 Å². The summed E-state index contributed by atoms with van der Waals surface area (Å²) in [5.41, 5.74) is 4.12. The molecule has 0 aliphatic rings. The minimum absolute atomic E-state index is 0.641. The summed E-state index contributed by atoms with van der Waals surface area (Å²) in [6, 6.07) is 15.9. The van der Waals surface area contributed by atoms with Crippen LogP contribution < -0.4 is 4.74 Å². The summed E-state index contributed by atoms with van der Waals surface area (Å²) in [5.74, 6) is 0.838. The van der Waals surface area contributed by atoms with E-state index in [2.05, 4.69) is 20.9 Å². The van der Waals surface area contributed by atoms with E-state index in [4.69, 9.17) is 21.4 Å². The molecule has 0 bridgehead atoms. The van der Waals surface area contributed by atoms with Crippen LogP contribution in [0.15, 0.2) is 65.5 Å². The van der Waals surface area contributed by atoms with Crippen LogP contribution in [-0.2, 0) is 6.54 Å². The zero-order valence-electron chi connectivity index (χ0n) is 14.4. The van der Waals surface area contributed by atoms with Gasteiger partial charge in [0.2, 0.25) is 0 Å². The summed E-state index contributed by atoms with van der Waals surface area (Å²) in [7, 11) is 1.67. The van der Waals surface area contributed by atoms with Gasteiger partial charge in [0.05, 0.1) is 22.9 Å². The van der Waals surface area contributed by atoms with Gasteiger partial charge in [0.25, 0.3) is 0 Å². The number of thiophene rings is 1. The van der Waals surface area contributed by atoms with E-state index >= 15 is 0 Å². The summed E-state index contributed by atoms with van der Waals surface area (Å²) in [6.07, 6.45) is 3.57. The number of hydrogen-bond donors (Lipinski definition) is 0. The number of aromatic nitrogens is 3. The average Bonchev–Trinajstić information content (AvgIpc) is 3.27. The minimum atomic E-state index is 0.641. The van der Waals surface area contributed by atoms with E-state index in [0.717, 1.165) is 42.0 Å². The van der Waals surface area contributed by atoms with E-state index in [0.29, 0.717) is 6.54 Å². The van der Waals surface area contributed by atoms with E-state index < -0.39 is 0 Å². The largest absolute Gasteiger partial charge is 0.497 e. The second kappa shape index (κ2) is 7.84. The van der Waals surface area contributed by atoms with Crippen LogP contribution in [0.3, 0.4) is 0 Å². The molecule has 0 spiro atoms. The molecule has 0 saturated heterocycles. The predicted octanol–water partition coefficient (Wildman–Crippen LogP) is 6.15. The van der Waals surface area contributed by atoms with E-state index in [9.17, 15) is 0 Å². The highest BCUT2D eigenvalue weighted by Crippen LogP contribution is 2.41. The van der Waals surface area contributed by atoms with Gasteiger partial charge in [0, 0.05) is 18.0 Å². The normalized spacial score (nSPS) is 10.9. The first-order valence-corrected chi connectivity index (χ1v) is 10.2. The third kappa shape index (κ3) is 3.78. The van der Waals surface area contributed by atoms with E-state index in [1.165, 1.54) is 11.3 Å². The second-order valence-corrected chi connectivity index (χ2v) is 8.33. The number of rotatable bonds is 5. The van der Waals surface area contributed by atoms with Crippen LogP contribution in [0, 0.1) is 0 Å². The quantitative estimate of drug-likeness (QED) is 0.359. The highest BCUT2D eigenvalue weighted by molar-refractivity contribution is 9.10. The molecule has 136 valence electrons. The van der Waals surface area contributed by atoms with Crippen LogP contribution in [0.1, 0.15) is 5.56 Å². The van der Waals surface area contributed by atoms with Crippen molar-refractivity contribution in [2.75, 3.05) is 7.11 Å². The fraction of sp³-hybridized carbons (Fsp3) is 0.100. The lowest BCUT2D eigenvalue weighted by Gasteiger charge is -2.06. The number of halogens is 2. The first kappa shape index (κ1) is 18.2. The lowest BCUT2D eigenvalue weighted by Crippen LogP contribution is -2.02. The Kier molecular flexibility index (Phi) is 5.29. The van der Waals surface area contributed by atoms with Crippen molar-refractivity contribution in [1.29, 1.82) is 0 Å². The van der Waals surface area contributed by atoms with Crippen LogP contribution >= 0.6 is 38.9 Å². The number of hydrogen-bond acceptors (Lipinski definition) is 4. The molecule has 4 nitrogen and oxygen atoms in total. The first-order chi connectivity index (χ1) is 13.2. The van der Waals surface area contributed by atoms with Gasteiger partial charge in [-0.1, -0.05) is 23.7 Å². The lowest BCUT2D eigenvalue weighted by atomic mass is 10.1. The maximum Gasteiger partial charge on any atom is 0.118 e. The van der Waals surface area contributed by atoms with Gasteiger partial charge in [0.15, 0.2) is 0 Å². The molecule has 1 aromatic carbocycles. The Balaban J connectivity index is 1.79. The van der Waals surface area contributed by atoms with Crippen LogP contribution in [0.25, 0.3) is 21.7 Å². The molecule has 3 heterocycles. The van der Waals surface area contributed by atoms with Crippen molar-refractivity contribution >= 4 is 38.9 Å². The van der Waals surface area contributed by atoms with Gasteiger partial charge in [-0.3, -0.25) is 9.67 Å². The predicted molar refractivity (Wildman–Crippen MR) is 114 cm³/mol. The lowest BCUT2D eigenvalue weighted by molar-refractivity contribution is 0.414. The Hall–Kier alpha value is -2.15. The minimum Gasteiger partial charge on any atom is -0.497 e. The molecule has 0 aliphatic carbocycles. The molecule has 0 N–H and O–H groups in total. The molecule has 4 aromatic rings. The monoisotopic (exact) mass is 459 g/mol. The maximum absolute atomic E-state index is 6.16. The molecule has 27 heavy (non-hydrogen) atoms. The smallest absolute Gasteiger partial charge is 0.118 e. The van der Waals surface area contributed by atoms with Crippen LogP contribution in [-0.4, -0.2) is 21.9 Å². The zero-order valence-corrected chi connectivity index (χ0v) is 17.6. The standard InChI is InChI=1S/C20H15BrClN3OS/c1-26-15-4-2-13(3-5-15)12-25-20(21)18(14-8-10-23-11-9-14)19(24-25)16-6-7-17(22)27-16/h2-11H,12H2,1H3. The molecule has 0 aliphatic heterocycles. The van der Waals surface area contributed by atoms with Gasteiger partial charge >= 0.3 is 0 Å². The van der Waals surface area contributed by atoms with Gasteiger partial charge in [-0.15, -0.1) is 11.3 Å². The van der Waals surface area contributed by atoms with Crippen molar-refractivity contribution in [2.45, 2.75) is 6.54 Å². The van der Waals surface area contributed by atoms with Crippen molar-refractivity contribution in [2.24, 2.45) is 0 Å². The summed E-state index contributed by atoms with van der Waals surface area (Å²) in [5, 5.41) is 4.88. The van der Waals surface area contributed by atoms with Gasteiger partial charge in [-0.25, -0.2) is 0 Å². The Labute approximate surface area is 174 Å². The Morgan fingerprint density at radius 1 is 1.07 bits per heavy atom. The summed E-state index contributed by atoms with van der Waals surface area (Å²) in [4.78, 5) is 5.15. The Bertz CT molecular complexity index is 1060. The molecular weight excluding hydrogens is 446 g/mol. The fourth-order valence-electron chi connectivity index (χ4n) is 2.84. The van der Waals surface area contributed by atoms with Gasteiger partial charge in [-0.2, -0.15) is 5.10 Å². The number of benzene rings is 1. The third-order valence-electron chi connectivity index (χ3n) is 4.16. The molecule has 0 unspecified atom stereocenters. The number of nitrogens with zero attached hydrogens (tertiary/aromatic N) is 3. The van der Waals surface area contributed by atoms with Crippen molar-refractivity contribution in [3.05, 3.63) is 75.4 Å². The Morgan fingerprint density at radius 2 is 1.81 bits per heavy atom. The zero-order chi connectivity index (χ0) is 18.8. The summed E-state index contributed by atoms with van der Waals surface area (Å²) < 4.78 is 8.86. The summed E-state index contributed by atoms with van der Waals surface area (Å²) >= 11 is 11.4. The molecule has 0 radical (unpaired) electrons. The van der Waals surface area contributed by atoms with Crippen LogP contribution in [0.4, 0.5) is 0 Å². The highest BCUT2D eigenvalue weighted by Gasteiger charge is 2.20. The van der Waals surface area contributed by atoms with Crippen LogP contribution in [0.2, 0.25) is 4.34 Å². The van der Waals surface area contributed by atoms with Crippen molar-refractivity contribution < 1.29 is 4.74 Å². The fourth-order valence-corrected chi connectivity index (χ4v) is 4.49. The van der Waals surface area contributed by atoms with Crippen molar-refractivity contribution in [3.8, 4) is 27.4 Å². The molecule has 0 atom stereocenters. The molecule has 0 fully saturated rings. The van der Waals surface area contributed by atoms with Gasteiger partial charge < -0.3 is 4.74 Å². The first-order valence-electron chi connectivity index (χ1n) is 8.21.